The summed E-state index contributed by atoms with van der Waals surface area (Å²) in [4.78, 5) is 14.2. The lowest BCUT2D eigenvalue weighted by atomic mass is 10.2. The summed E-state index contributed by atoms with van der Waals surface area (Å²) < 4.78 is 22.7. The molecule has 2 fully saturated rings. The molecular weight excluding hydrogens is 314 g/mol. The van der Waals surface area contributed by atoms with Gasteiger partial charge in [0.05, 0.1) is 11.5 Å². The highest BCUT2D eigenvalue weighted by atomic mass is 32.2. The normalized spacial score (nSPS) is 23.0. The van der Waals surface area contributed by atoms with Crippen molar-refractivity contribution in [3.63, 3.8) is 0 Å². The number of nitrogens with one attached hydrogen (secondary N) is 2. The van der Waals surface area contributed by atoms with Crippen LogP contribution in [0.4, 0.5) is 10.5 Å². The molecule has 126 valence electrons. The van der Waals surface area contributed by atoms with Crippen LogP contribution in [0.3, 0.4) is 0 Å². The molecule has 2 amide bonds. The Balaban J connectivity index is 1.45. The van der Waals surface area contributed by atoms with Crippen LogP contribution in [0.2, 0.25) is 0 Å². The van der Waals surface area contributed by atoms with Gasteiger partial charge in [0.15, 0.2) is 9.84 Å². The topological polar surface area (TPSA) is 78.5 Å². The van der Waals surface area contributed by atoms with Crippen LogP contribution in [0.25, 0.3) is 0 Å². The number of carbonyl (C=O) groups is 1. The third-order valence-electron chi connectivity index (χ3n) is 4.43. The van der Waals surface area contributed by atoms with Crippen LogP contribution in [-0.4, -0.2) is 45.1 Å². The predicted octanol–water partition coefficient (Wildman–Crippen LogP) is 1.27. The van der Waals surface area contributed by atoms with Crippen LogP contribution < -0.4 is 15.5 Å². The van der Waals surface area contributed by atoms with E-state index < -0.39 is 9.84 Å². The molecule has 23 heavy (non-hydrogen) atoms. The van der Waals surface area contributed by atoms with E-state index in [1.165, 1.54) is 18.5 Å². The first-order valence-electron chi connectivity index (χ1n) is 8.10. The van der Waals surface area contributed by atoms with E-state index in [1.54, 1.807) is 0 Å². The monoisotopic (exact) mass is 337 g/mol. The zero-order valence-corrected chi connectivity index (χ0v) is 13.9. The zero-order valence-electron chi connectivity index (χ0n) is 13.1. The zero-order chi connectivity index (χ0) is 16.3. The molecule has 2 aliphatic rings. The van der Waals surface area contributed by atoms with Gasteiger partial charge in [0, 0.05) is 31.4 Å². The molecule has 0 radical (unpaired) electrons. The van der Waals surface area contributed by atoms with Crippen molar-refractivity contribution in [2.45, 2.75) is 31.8 Å². The summed E-state index contributed by atoms with van der Waals surface area (Å²) in [6.07, 6.45) is 3.00. The maximum Gasteiger partial charge on any atom is 0.315 e. The van der Waals surface area contributed by atoms with Crippen molar-refractivity contribution in [1.82, 2.24) is 10.6 Å². The van der Waals surface area contributed by atoms with Gasteiger partial charge in [-0.05, 0) is 37.0 Å². The minimum Gasteiger partial charge on any atom is -0.372 e. The largest absolute Gasteiger partial charge is 0.372 e. The van der Waals surface area contributed by atoms with Gasteiger partial charge in [-0.15, -0.1) is 0 Å². The number of anilines is 1. The molecule has 1 atom stereocenters. The molecule has 2 N–H and O–H groups in total. The molecule has 2 aliphatic heterocycles. The Kier molecular flexibility index (Phi) is 4.75. The minimum atomic E-state index is -2.97. The number of sulfone groups is 1. The number of hydrogen-bond donors (Lipinski definition) is 2. The van der Waals surface area contributed by atoms with Crippen LogP contribution in [0.1, 0.15) is 24.8 Å². The third-order valence-corrected chi connectivity index (χ3v) is 6.20. The Morgan fingerprint density at radius 1 is 1.17 bits per heavy atom. The lowest BCUT2D eigenvalue weighted by Gasteiger charge is -2.18. The SMILES string of the molecule is O=C(NCc1ccc(N2CCCC2)cc1)NC1CCS(=O)(=O)C1. The second-order valence-corrected chi connectivity index (χ2v) is 8.52. The maximum absolute atomic E-state index is 11.8. The lowest BCUT2D eigenvalue weighted by molar-refractivity contribution is 0.237. The third kappa shape index (κ3) is 4.37. The summed E-state index contributed by atoms with van der Waals surface area (Å²) in [6, 6.07) is 7.64. The smallest absolute Gasteiger partial charge is 0.315 e. The Morgan fingerprint density at radius 3 is 2.48 bits per heavy atom. The highest BCUT2D eigenvalue weighted by molar-refractivity contribution is 7.91. The number of benzene rings is 1. The number of carbonyl (C=O) groups excluding carboxylic acids is 1. The van der Waals surface area contributed by atoms with E-state index in [1.807, 2.05) is 12.1 Å². The van der Waals surface area contributed by atoms with Gasteiger partial charge >= 0.3 is 6.03 Å². The molecule has 0 aliphatic carbocycles. The summed E-state index contributed by atoms with van der Waals surface area (Å²) in [6.45, 7) is 2.67. The highest BCUT2D eigenvalue weighted by Crippen LogP contribution is 2.20. The van der Waals surface area contributed by atoms with Gasteiger partial charge in [-0.25, -0.2) is 13.2 Å². The predicted molar refractivity (Wildman–Crippen MR) is 90.3 cm³/mol. The standard InChI is InChI=1S/C16H23N3O3S/c20-16(18-14-7-10-23(21,22)12-14)17-11-13-3-5-15(6-4-13)19-8-1-2-9-19/h3-6,14H,1-2,7-12H2,(H2,17,18,20). The molecule has 2 saturated heterocycles. The fourth-order valence-corrected chi connectivity index (χ4v) is 4.80. The van der Waals surface area contributed by atoms with Crippen molar-refractivity contribution in [3.8, 4) is 0 Å². The molecule has 0 bridgehead atoms. The van der Waals surface area contributed by atoms with Crippen molar-refractivity contribution in [2.75, 3.05) is 29.5 Å². The van der Waals surface area contributed by atoms with Gasteiger partial charge in [0.2, 0.25) is 0 Å². The number of nitrogens with zero attached hydrogens (tertiary/aromatic N) is 1. The average molecular weight is 337 g/mol. The van der Waals surface area contributed by atoms with Crippen LogP contribution >= 0.6 is 0 Å². The Bertz CT molecular complexity index is 652. The molecule has 1 aromatic carbocycles. The lowest BCUT2D eigenvalue weighted by Crippen LogP contribution is -2.42. The van der Waals surface area contributed by atoms with Gasteiger partial charge in [-0.3, -0.25) is 0 Å². The summed E-state index contributed by atoms with van der Waals surface area (Å²) in [5.41, 5.74) is 2.26. The van der Waals surface area contributed by atoms with E-state index in [2.05, 4.69) is 27.7 Å². The molecule has 1 aromatic rings. The fraction of sp³-hybridized carbons (Fsp3) is 0.562. The Labute approximate surface area is 137 Å². The van der Waals surface area contributed by atoms with E-state index >= 15 is 0 Å². The Hall–Kier alpha value is -1.76. The molecule has 2 heterocycles. The maximum atomic E-state index is 11.8. The number of amides is 2. The molecule has 6 nitrogen and oxygen atoms in total. The summed E-state index contributed by atoms with van der Waals surface area (Å²) in [5, 5.41) is 5.51. The van der Waals surface area contributed by atoms with Crippen LogP contribution in [0.15, 0.2) is 24.3 Å². The van der Waals surface area contributed by atoms with Gasteiger partial charge in [0.25, 0.3) is 0 Å². The Morgan fingerprint density at radius 2 is 1.87 bits per heavy atom. The van der Waals surface area contributed by atoms with Crippen LogP contribution in [0.5, 0.6) is 0 Å². The molecule has 0 aromatic heterocycles. The first-order chi connectivity index (χ1) is 11.0. The van der Waals surface area contributed by atoms with Crippen molar-refractivity contribution in [3.05, 3.63) is 29.8 Å². The summed E-state index contributed by atoms with van der Waals surface area (Å²) in [7, 11) is -2.97. The van der Waals surface area contributed by atoms with Crippen molar-refractivity contribution >= 4 is 21.6 Å². The highest BCUT2D eigenvalue weighted by Gasteiger charge is 2.28. The van der Waals surface area contributed by atoms with E-state index in [0.29, 0.717) is 13.0 Å². The molecule has 7 heteroatoms. The minimum absolute atomic E-state index is 0.0466. The summed E-state index contributed by atoms with van der Waals surface area (Å²) >= 11 is 0. The van der Waals surface area contributed by atoms with Crippen molar-refractivity contribution < 1.29 is 13.2 Å². The average Bonchev–Trinajstić information content (AvgIpc) is 3.15. The molecule has 1 unspecified atom stereocenters. The first-order valence-corrected chi connectivity index (χ1v) is 9.93. The van der Waals surface area contributed by atoms with E-state index in [4.69, 9.17) is 0 Å². The molecule has 0 spiro atoms. The number of hydrogen-bond acceptors (Lipinski definition) is 4. The van der Waals surface area contributed by atoms with Gasteiger partial charge < -0.3 is 15.5 Å². The van der Waals surface area contributed by atoms with Gasteiger partial charge in [0.1, 0.15) is 0 Å². The second-order valence-electron chi connectivity index (χ2n) is 6.29. The number of rotatable bonds is 4. The van der Waals surface area contributed by atoms with Crippen molar-refractivity contribution in [1.29, 1.82) is 0 Å². The molecule has 3 rings (SSSR count). The fourth-order valence-electron chi connectivity index (χ4n) is 3.13. The molecule has 0 saturated carbocycles. The van der Waals surface area contributed by atoms with E-state index in [-0.39, 0.29) is 23.6 Å². The second kappa shape index (κ2) is 6.78. The first kappa shape index (κ1) is 16.1. The van der Waals surface area contributed by atoms with Crippen molar-refractivity contribution in [2.24, 2.45) is 0 Å². The number of urea groups is 1. The van der Waals surface area contributed by atoms with Gasteiger partial charge in [-0.1, -0.05) is 12.1 Å². The molecular formula is C16H23N3O3S. The quantitative estimate of drug-likeness (QED) is 0.867. The summed E-state index contributed by atoms with van der Waals surface area (Å²) in [5.74, 6) is 0.209. The van der Waals surface area contributed by atoms with Gasteiger partial charge in [-0.2, -0.15) is 0 Å². The van der Waals surface area contributed by atoms with Crippen LogP contribution in [0, 0.1) is 0 Å². The van der Waals surface area contributed by atoms with E-state index in [9.17, 15) is 13.2 Å². The van der Waals surface area contributed by atoms with Crippen LogP contribution in [-0.2, 0) is 16.4 Å². The van der Waals surface area contributed by atoms with E-state index in [0.717, 1.165) is 18.7 Å².